The first kappa shape index (κ1) is 22.6. The number of carbonyl (C=O) groups is 1. The number of anilines is 1. The molecule has 0 fully saturated rings. The highest BCUT2D eigenvalue weighted by atomic mass is 35.5. The van der Waals surface area contributed by atoms with Crippen LogP contribution in [0.25, 0.3) is 0 Å². The molecule has 0 unspecified atom stereocenters. The van der Waals surface area contributed by atoms with Gasteiger partial charge >= 0.3 is 5.92 Å². The van der Waals surface area contributed by atoms with Gasteiger partial charge in [-0.05, 0) is 42.0 Å². The molecule has 0 aliphatic carbocycles. The summed E-state index contributed by atoms with van der Waals surface area (Å²) >= 11 is 7.72. The highest BCUT2D eigenvalue weighted by molar-refractivity contribution is 8.00. The zero-order chi connectivity index (χ0) is 21.9. The summed E-state index contributed by atoms with van der Waals surface area (Å²) in [6.07, 6.45) is 0. The molecule has 3 N–H and O–H groups in total. The molecule has 6 nitrogen and oxygen atoms in total. The number of alkyl halides is 2. The molecule has 0 aliphatic rings. The van der Waals surface area contributed by atoms with Crippen molar-refractivity contribution in [3.05, 3.63) is 69.7 Å². The van der Waals surface area contributed by atoms with E-state index < -0.39 is 16.7 Å². The molecule has 0 spiro atoms. The first-order valence-electron chi connectivity index (χ1n) is 8.51. The average molecular weight is 472 g/mol. The number of benzene rings is 2. The number of aliphatic hydroxyl groups is 2. The molecule has 11 heteroatoms. The zero-order valence-electron chi connectivity index (χ0n) is 15.5. The Morgan fingerprint density at radius 2 is 1.77 bits per heavy atom. The maximum Gasteiger partial charge on any atom is 0.304 e. The van der Waals surface area contributed by atoms with E-state index in [1.807, 2.05) is 0 Å². The van der Waals surface area contributed by atoms with Crippen molar-refractivity contribution in [2.45, 2.75) is 28.7 Å². The Morgan fingerprint density at radius 1 is 1.13 bits per heavy atom. The summed E-state index contributed by atoms with van der Waals surface area (Å²) in [6, 6.07) is 13.6. The molecule has 0 radical (unpaired) electrons. The van der Waals surface area contributed by atoms with Crippen molar-refractivity contribution in [1.29, 1.82) is 0 Å². The number of hydrogen-bond acceptors (Lipinski definition) is 7. The smallest absolute Gasteiger partial charge is 0.304 e. The molecular formula is C19H16ClF2N3O3S2. The Balaban J connectivity index is 1.58. The molecule has 0 aliphatic heterocycles. The average Bonchev–Trinajstić information content (AvgIpc) is 3.17. The van der Waals surface area contributed by atoms with Crippen LogP contribution < -0.4 is 5.32 Å². The lowest BCUT2D eigenvalue weighted by Crippen LogP contribution is -2.42. The lowest BCUT2D eigenvalue weighted by atomic mass is 10.2. The van der Waals surface area contributed by atoms with Gasteiger partial charge in [0.25, 0.3) is 11.7 Å². The minimum Gasteiger partial charge on any atom is -0.355 e. The molecule has 3 rings (SSSR count). The number of carbonyl (C=O) groups excluding carboxylic acids is 1. The molecule has 0 atom stereocenters. The van der Waals surface area contributed by atoms with Crippen LogP contribution in [0.3, 0.4) is 0 Å². The molecule has 158 valence electrons. The Labute approximate surface area is 183 Å². The van der Waals surface area contributed by atoms with E-state index in [1.165, 1.54) is 11.8 Å². The minimum absolute atomic E-state index is 0.264. The van der Waals surface area contributed by atoms with Crippen LogP contribution in [0.5, 0.6) is 0 Å². The fraction of sp³-hybridized carbons (Fsp3) is 0.211. The summed E-state index contributed by atoms with van der Waals surface area (Å²) in [6.45, 7) is 0.397. The topological polar surface area (TPSA) is 95.3 Å². The van der Waals surface area contributed by atoms with Gasteiger partial charge in [-0.3, -0.25) is 4.79 Å². The number of rotatable bonds is 7. The van der Waals surface area contributed by atoms with Gasteiger partial charge in [0.1, 0.15) is 0 Å². The van der Waals surface area contributed by atoms with E-state index in [1.54, 1.807) is 48.5 Å². The van der Waals surface area contributed by atoms with Crippen LogP contribution in [0.2, 0.25) is 5.02 Å². The number of amides is 1. The fourth-order valence-corrected chi connectivity index (χ4v) is 4.24. The van der Waals surface area contributed by atoms with Crippen molar-refractivity contribution in [2.24, 2.45) is 0 Å². The van der Waals surface area contributed by atoms with Crippen LogP contribution in [0.1, 0.15) is 27.9 Å². The van der Waals surface area contributed by atoms with Gasteiger partial charge in [0.15, 0.2) is 9.35 Å². The molecule has 0 saturated carbocycles. The van der Waals surface area contributed by atoms with Crippen LogP contribution in [0.4, 0.5) is 14.5 Å². The second-order valence-electron chi connectivity index (χ2n) is 6.38. The Bertz CT molecular complexity index is 1020. The molecule has 1 aromatic heterocycles. The molecule has 30 heavy (non-hydrogen) atoms. The Kier molecular flexibility index (Phi) is 6.73. The second kappa shape index (κ2) is 8.94. The molecule has 2 aromatic carbocycles. The summed E-state index contributed by atoms with van der Waals surface area (Å²) in [5.41, 5.74) is 1.98. The number of thioether (sulfide) groups is 1. The van der Waals surface area contributed by atoms with Gasteiger partial charge in [0, 0.05) is 29.0 Å². The summed E-state index contributed by atoms with van der Waals surface area (Å²) in [5.74, 6) is -6.96. The summed E-state index contributed by atoms with van der Waals surface area (Å²) in [4.78, 5) is 12.2. The van der Waals surface area contributed by atoms with Crippen molar-refractivity contribution in [1.82, 2.24) is 10.2 Å². The van der Waals surface area contributed by atoms with Gasteiger partial charge in [-0.2, -0.15) is 0 Å². The van der Waals surface area contributed by atoms with Gasteiger partial charge in [0.05, 0.1) is 0 Å². The van der Waals surface area contributed by atoms with Crippen molar-refractivity contribution < 1.29 is 23.8 Å². The second-order valence-corrected chi connectivity index (χ2v) is 9.02. The van der Waals surface area contributed by atoms with Crippen LogP contribution >= 0.6 is 34.7 Å². The third-order valence-electron chi connectivity index (χ3n) is 4.00. The number of nitrogens with zero attached hydrogens (tertiary/aromatic N) is 2. The molecule has 3 aromatic rings. The lowest BCUT2D eigenvalue weighted by molar-refractivity contribution is -0.298. The van der Waals surface area contributed by atoms with Crippen molar-refractivity contribution in [2.75, 3.05) is 5.32 Å². The standard InChI is InChI=1S/C19H16ClF2N3O3S2/c1-18(21,22)19(27,28)16-24-25-17(30-16)29-10-11-2-8-14(9-3-11)23-15(26)12-4-6-13(20)7-5-12/h2-9,27-28H,10H2,1H3,(H,23,26). The van der Waals surface area contributed by atoms with Crippen LogP contribution in [0, 0.1) is 0 Å². The maximum absolute atomic E-state index is 13.3. The molecule has 1 heterocycles. The molecular weight excluding hydrogens is 456 g/mol. The van der Waals surface area contributed by atoms with E-state index in [-0.39, 0.29) is 5.91 Å². The SMILES string of the molecule is CC(F)(F)C(O)(O)c1nnc(SCc2ccc(NC(=O)c3ccc(Cl)cc3)cc2)s1. The van der Waals surface area contributed by atoms with E-state index in [0.29, 0.717) is 44.6 Å². The van der Waals surface area contributed by atoms with Crippen LogP contribution in [0.15, 0.2) is 52.9 Å². The summed E-state index contributed by atoms with van der Waals surface area (Å²) in [5, 5.41) is 29.1. The van der Waals surface area contributed by atoms with E-state index >= 15 is 0 Å². The normalized spacial score (nSPS) is 12.1. The fourth-order valence-electron chi connectivity index (χ4n) is 2.23. The van der Waals surface area contributed by atoms with E-state index in [4.69, 9.17) is 11.6 Å². The first-order valence-corrected chi connectivity index (χ1v) is 10.7. The van der Waals surface area contributed by atoms with E-state index in [9.17, 15) is 23.8 Å². The number of nitrogens with one attached hydrogen (secondary N) is 1. The first-order chi connectivity index (χ1) is 14.1. The van der Waals surface area contributed by atoms with Crippen LogP contribution in [-0.4, -0.2) is 32.2 Å². The molecule has 0 saturated heterocycles. The van der Waals surface area contributed by atoms with Crippen molar-refractivity contribution >= 4 is 46.3 Å². The Hall–Kier alpha value is -2.11. The van der Waals surface area contributed by atoms with Crippen molar-refractivity contribution in [3.63, 3.8) is 0 Å². The lowest BCUT2D eigenvalue weighted by Gasteiger charge is -2.24. The largest absolute Gasteiger partial charge is 0.355 e. The zero-order valence-corrected chi connectivity index (χ0v) is 17.9. The van der Waals surface area contributed by atoms with E-state index in [2.05, 4.69) is 15.5 Å². The monoisotopic (exact) mass is 471 g/mol. The summed E-state index contributed by atoms with van der Waals surface area (Å²) in [7, 11) is 0. The molecule has 0 bridgehead atoms. The van der Waals surface area contributed by atoms with Gasteiger partial charge in [-0.1, -0.05) is 46.8 Å². The number of hydrogen-bond donors (Lipinski definition) is 3. The minimum atomic E-state index is -3.78. The molecule has 1 amide bonds. The van der Waals surface area contributed by atoms with Gasteiger partial charge < -0.3 is 15.5 Å². The van der Waals surface area contributed by atoms with Gasteiger partial charge in [-0.25, -0.2) is 8.78 Å². The predicted octanol–water partition coefficient (Wildman–Crippen LogP) is 4.53. The van der Waals surface area contributed by atoms with Gasteiger partial charge in [0.2, 0.25) is 0 Å². The highest BCUT2D eigenvalue weighted by Crippen LogP contribution is 2.38. The predicted molar refractivity (Wildman–Crippen MR) is 112 cm³/mol. The van der Waals surface area contributed by atoms with Crippen LogP contribution in [-0.2, 0) is 11.5 Å². The number of aromatic nitrogens is 2. The number of halogens is 3. The third-order valence-corrected chi connectivity index (χ3v) is 6.48. The third kappa shape index (κ3) is 5.32. The summed E-state index contributed by atoms with van der Waals surface area (Å²) < 4.78 is 26.9. The van der Waals surface area contributed by atoms with Gasteiger partial charge in [-0.15, -0.1) is 10.2 Å². The highest BCUT2D eigenvalue weighted by Gasteiger charge is 2.51. The Morgan fingerprint density at radius 3 is 2.37 bits per heavy atom. The van der Waals surface area contributed by atoms with Crippen molar-refractivity contribution in [3.8, 4) is 0 Å². The maximum atomic E-state index is 13.3. The van der Waals surface area contributed by atoms with E-state index in [0.717, 1.165) is 5.56 Å². The quantitative estimate of drug-likeness (QED) is 0.346.